The predicted molar refractivity (Wildman–Crippen MR) is 142 cm³/mol. The number of carbonyl (C=O) groups is 3. The lowest BCUT2D eigenvalue weighted by molar-refractivity contribution is 0.0198. The number of carboxylic acids is 3. The van der Waals surface area contributed by atoms with Crippen molar-refractivity contribution in [3.05, 3.63) is 108 Å². The Kier molecular flexibility index (Phi) is 10.4. The average Bonchev–Trinajstić information content (AvgIpc) is 2.90. The summed E-state index contributed by atoms with van der Waals surface area (Å²) < 4.78 is 0. The van der Waals surface area contributed by atoms with Crippen LogP contribution in [-0.2, 0) is 0 Å². The summed E-state index contributed by atoms with van der Waals surface area (Å²) >= 11 is 0. The van der Waals surface area contributed by atoms with E-state index in [-0.39, 0.29) is 0 Å². The van der Waals surface area contributed by atoms with E-state index in [9.17, 15) is 14.4 Å². The van der Waals surface area contributed by atoms with Crippen molar-refractivity contribution in [2.75, 3.05) is 0 Å². The third-order valence-corrected chi connectivity index (χ3v) is 7.06. The first-order chi connectivity index (χ1) is 17.8. The Morgan fingerprint density at radius 1 is 0.405 bits per heavy atom. The van der Waals surface area contributed by atoms with Gasteiger partial charge in [-0.25, -0.2) is 14.4 Å². The van der Waals surface area contributed by atoms with E-state index < -0.39 is 17.9 Å². The lowest BCUT2D eigenvalue weighted by Gasteiger charge is -2.49. The summed E-state index contributed by atoms with van der Waals surface area (Å²) in [4.78, 5) is 30.6. The third-order valence-electron chi connectivity index (χ3n) is 7.06. The van der Waals surface area contributed by atoms with Gasteiger partial charge >= 0.3 is 17.9 Å². The van der Waals surface area contributed by atoms with Crippen LogP contribution in [0.4, 0.5) is 0 Å². The highest BCUT2D eigenvalue weighted by atomic mass is 16.4. The molecule has 0 aliphatic heterocycles. The normalized spacial score (nSPS) is 22.1. The monoisotopic (exact) mass is 502 g/mol. The quantitative estimate of drug-likeness (QED) is 0.356. The molecule has 4 fully saturated rings. The highest BCUT2D eigenvalue weighted by Crippen LogP contribution is 2.53. The second-order valence-electron chi connectivity index (χ2n) is 9.89. The fourth-order valence-corrected chi connectivity index (χ4v) is 5.73. The Morgan fingerprint density at radius 3 is 0.730 bits per heavy atom. The lowest BCUT2D eigenvalue weighted by atomic mass is 9.56. The Hall–Kier alpha value is -3.93. The van der Waals surface area contributed by atoms with Gasteiger partial charge in [-0.2, -0.15) is 0 Å². The highest BCUT2D eigenvalue weighted by molar-refractivity contribution is 5.88. The minimum Gasteiger partial charge on any atom is -0.478 e. The Bertz CT molecular complexity index is 954. The maximum absolute atomic E-state index is 10.2. The molecule has 0 unspecified atom stereocenters. The number of aromatic carboxylic acids is 3. The molecule has 4 saturated carbocycles. The van der Waals surface area contributed by atoms with Crippen LogP contribution in [0.5, 0.6) is 0 Å². The molecule has 6 nitrogen and oxygen atoms in total. The minimum absolute atomic E-state index is 0.331. The largest absolute Gasteiger partial charge is 0.478 e. The predicted octanol–water partition coefficient (Wildman–Crippen LogP) is 6.99. The van der Waals surface area contributed by atoms with Crippen molar-refractivity contribution < 1.29 is 29.7 Å². The van der Waals surface area contributed by atoms with Crippen molar-refractivity contribution >= 4 is 17.9 Å². The van der Waals surface area contributed by atoms with Crippen LogP contribution in [0.2, 0.25) is 0 Å². The first kappa shape index (κ1) is 27.7. The van der Waals surface area contributed by atoms with Crippen LogP contribution in [0.3, 0.4) is 0 Å². The van der Waals surface area contributed by atoms with Crippen LogP contribution in [0.25, 0.3) is 0 Å². The van der Waals surface area contributed by atoms with Gasteiger partial charge in [-0.1, -0.05) is 54.6 Å². The summed E-state index contributed by atoms with van der Waals surface area (Å²) in [6.07, 6.45) is 9.62. The topological polar surface area (TPSA) is 112 Å². The van der Waals surface area contributed by atoms with Crippen molar-refractivity contribution in [3.8, 4) is 0 Å². The Balaban J connectivity index is 0.000000137. The van der Waals surface area contributed by atoms with Crippen LogP contribution < -0.4 is 0 Å². The van der Waals surface area contributed by atoms with Gasteiger partial charge in [0.25, 0.3) is 0 Å². The zero-order chi connectivity index (χ0) is 26.6. The molecule has 37 heavy (non-hydrogen) atoms. The fraction of sp³-hybridized carbons (Fsp3) is 0.323. The maximum Gasteiger partial charge on any atom is 0.335 e. The summed E-state index contributed by atoms with van der Waals surface area (Å²) in [6.45, 7) is 0. The summed E-state index contributed by atoms with van der Waals surface area (Å²) in [6, 6.07) is 24.9. The SMILES string of the molecule is C1C2CC3CC1CC(C2)C3.O=C(O)c1ccccc1.O=C(O)c1ccccc1.O=C(O)c1ccccc1. The van der Waals surface area contributed by atoms with E-state index in [0.29, 0.717) is 16.7 Å². The van der Waals surface area contributed by atoms with Gasteiger partial charge in [0, 0.05) is 0 Å². The molecule has 3 N–H and O–H groups in total. The molecule has 0 atom stereocenters. The molecule has 0 heterocycles. The molecular formula is C31H34O6. The van der Waals surface area contributed by atoms with E-state index in [1.807, 2.05) is 0 Å². The molecule has 6 heteroatoms. The van der Waals surface area contributed by atoms with E-state index in [4.69, 9.17) is 15.3 Å². The van der Waals surface area contributed by atoms with E-state index in [1.165, 1.54) is 23.7 Å². The molecule has 0 aromatic heterocycles. The van der Waals surface area contributed by atoms with E-state index in [2.05, 4.69) is 0 Å². The van der Waals surface area contributed by atoms with Gasteiger partial charge in [0.05, 0.1) is 16.7 Å². The van der Waals surface area contributed by atoms with Gasteiger partial charge in [0.15, 0.2) is 0 Å². The van der Waals surface area contributed by atoms with Gasteiger partial charge in [-0.05, 0) is 98.6 Å². The number of carboxylic acid groups (broad SMARTS) is 3. The molecule has 4 bridgehead atoms. The van der Waals surface area contributed by atoms with Crippen LogP contribution in [0.15, 0.2) is 91.0 Å². The van der Waals surface area contributed by atoms with Crippen molar-refractivity contribution in [3.63, 3.8) is 0 Å². The first-order valence-electron chi connectivity index (χ1n) is 12.7. The van der Waals surface area contributed by atoms with E-state index in [0.717, 1.165) is 0 Å². The van der Waals surface area contributed by atoms with Gasteiger partial charge < -0.3 is 15.3 Å². The molecule has 0 spiro atoms. The smallest absolute Gasteiger partial charge is 0.335 e. The van der Waals surface area contributed by atoms with Gasteiger partial charge in [-0.15, -0.1) is 0 Å². The summed E-state index contributed by atoms with van der Waals surface area (Å²) in [5.74, 6) is 2.07. The zero-order valence-corrected chi connectivity index (χ0v) is 20.8. The minimum atomic E-state index is -0.879. The van der Waals surface area contributed by atoms with Gasteiger partial charge in [0.1, 0.15) is 0 Å². The summed E-state index contributed by atoms with van der Waals surface area (Å²) in [5.41, 5.74) is 0.993. The summed E-state index contributed by atoms with van der Waals surface area (Å²) in [5, 5.41) is 25.2. The second-order valence-corrected chi connectivity index (χ2v) is 9.89. The molecule has 0 radical (unpaired) electrons. The number of rotatable bonds is 3. The van der Waals surface area contributed by atoms with Crippen LogP contribution in [0, 0.1) is 23.7 Å². The Morgan fingerprint density at radius 2 is 0.595 bits per heavy atom. The molecule has 194 valence electrons. The molecule has 3 aromatic rings. The molecule has 7 rings (SSSR count). The standard InChI is InChI=1S/C10H16.3C7H6O2/c1-7-2-9-4-8(1)5-10(3-7)6-9;3*8-7(9)6-4-2-1-3-5-6/h7-10H,1-6H2;3*1-5H,(H,8,9). The Labute approximate surface area is 217 Å². The zero-order valence-electron chi connectivity index (χ0n) is 20.8. The van der Waals surface area contributed by atoms with E-state index >= 15 is 0 Å². The van der Waals surface area contributed by atoms with E-state index in [1.54, 1.807) is 130 Å². The van der Waals surface area contributed by atoms with Gasteiger partial charge in [0.2, 0.25) is 0 Å². The van der Waals surface area contributed by atoms with Crippen LogP contribution >= 0.6 is 0 Å². The van der Waals surface area contributed by atoms with Gasteiger partial charge in [-0.3, -0.25) is 0 Å². The average molecular weight is 503 g/mol. The van der Waals surface area contributed by atoms with Crippen molar-refractivity contribution in [2.45, 2.75) is 38.5 Å². The molecule has 3 aromatic carbocycles. The van der Waals surface area contributed by atoms with Crippen molar-refractivity contribution in [1.29, 1.82) is 0 Å². The molecule has 4 aliphatic rings. The van der Waals surface area contributed by atoms with Crippen molar-refractivity contribution in [1.82, 2.24) is 0 Å². The highest BCUT2D eigenvalue weighted by Gasteiger charge is 2.41. The number of hydrogen-bond acceptors (Lipinski definition) is 3. The molecule has 4 aliphatic carbocycles. The fourth-order valence-electron chi connectivity index (χ4n) is 5.73. The first-order valence-corrected chi connectivity index (χ1v) is 12.7. The number of hydrogen-bond donors (Lipinski definition) is 3. The third kappa shape index (κ3) is 9.22. The van der Waals surface area contributed by atoms with Crippen LogP contribution in [-0.4, -0.2) is 33.2 Å². The molecular weight excluding hydrogens is 468 g/mol. The molecule has 0 amide bonds. The second kappa shape index (κ2) is 14.0. The number of benzene rings is 3. The molecule has 0 saturated heterocycles. The maximum atomic E-state index is 10.2. The summed E-state index contributed by atoms with van der Waals surface area (Å²) in [7, 11) is 0. The van der Waals surface area contributed by atoms with Crippen molar-refractivity contribution in [2.24, 2.45) is 23.7 Å². The van der Waals surface area contributed by atoms with Crippen LogP contribution in [0.1, 0.15) is 69.6 Å². The lowest BCUT2D eigenvalue weighted by Crippen LogP contribution is -2.38.